The number of hydrogen-bond acceptors (Lipinski definition) is 6. The SMILES string of the molecule is O=C(COc1coc(CN2CCN(c3ccc(F)cc3)CC2)cc1=O)N1CCCCCC1. The minimum atomic E-state index is -0.278. The van der Waals surface area contributed by atoms with Crippen LogP contribution in [0.1, 0.15) is 31.4 Å². The van der Waals surface area contributed by atoms with E-state index in [2.05, 4.69) is 9.80 Å². The third-order valence-electron chi connectivity index (χ3n) is 6.11. The van der Waals surface area contributed by atoms with Gasteiger partial charge in [0.25, 0.3) is 5.91 Å². The predicted molar refractivity (Wildman–Crippen MR) is 119 cm³/mol. The van der Waals surface area contributed by atoms with Crippen molar-refractivity contribution in [3.8, 4) is 5.75 Å². The van der Waals surface area contributed by atoms with Crippen molar-refractivity contribution in [2.45, 2.75) is 32.2 Å². The lowest BCUT2D eigenvalue weighted by molar-refractivity contribution is -0.133. The number of piperazine rings is 1. The predicted octanol–water partition coefficient (Wildman–Crippen LogP) is 2.88. The summed E-state index contributed by atoms with van der Waals surface area (Å²) < 4.78 is 24.2. The number of benzene rings is 1. The molecule has 0 bridgehead atoms. The monoisotopic (exact) mass is 443 g/mol. The molecule has 2 fully saturated rings. The largest absolute Gasteiger partial charge is 0.477 e. The molecule has 2 aliphatic heterocycles. The van der Waals surface area contributed by atoms with E-state index in [9.17, 15) is 14.0 Å². The first-order chi connectivity index (χ1) is 15.6. The van der Waals surface area contributed by atoms with Crippen molar-refractivity contribution in [1.82, 2.24) is 9.80 Å². The fourth-order valence-corrected chi connectivity index (χ4v) is 4.21. The van der Waals surface area contributed by atoms with Gasteiger partial charge >= 0.3 is 0 Å². The zero-order valence-corrected chi connectivity index (χ0v) is 18.3. The van der Waals surface area contributed by atoms with Gasteiger partial charge < -0.3 is 19.0 Å². The van der Waals surface area contributed by atoms with E-state index in [0.717, 1.165) is 70.6 Å². The molecule has 0 aliphatic carbocycles. The summed E-state index contributed by atoms with van der Waals surface area (Å²) >= 11 is 0. The van der Waals surface area contributed by atoms with E-state index in [1.807, 2.05) is 4.90 Å². The Labute approximate surface area is 187 Å². The van der Waals surface area contributed by atoms with Crippen LogP contribution in [0.3, 0.4) is 0 Å². The molecule has 0 N–H and O–H groups in total. The van der Waals surface area contributed by atoms with Crippen molar-refractivity contribution in [2.24, 2.45) is 0 Å². The number of amides is 1. The second-order valence-electron chi connectivity index (χ2n) is 8.40. The second kappa shape index (κ2) is 10.6. The molecule has 0 radical (unpaired) electrons. The Morgan fingerprint density at radius 2 is 1.66 bits per heavy atom. The summed E-state index contributed by atoms with van der Waals surface area (Å²) in [6.45, 7) is 5.14. The van der Waals surface area contributed by atoms with Crippen molar-refractivity contribution in [3.05, 3.63) is 58.4 Å². The number of rotatable bonds is 6. The van der Waals surface area contributed by atoms with Crippen LogP contribution in [-0.2, 0) is 11.3 Å². The molecule has 2 aromatic rings. The molecule has 3 heterocycles. The van der Waals surface area contributed by atoms with Gasteiger partial charge in [0.05, 0.1) is 6.54 Å². The van der Waals surface area contributed by atoms with Crippen LogP contribution in [0.4, 0.5) is 10.1 Å². The molecule has 2 saturated heterocycles. The first kappa shape index (κ1) is 22.3. The molecule has 7 nitrogen and oxygen atoms in total. The van der Waals surface area contributed by atoms with Crippen molar-refractivity contribution >= 4 is 11.6 Å². The summed E-state index contributed by atoms with van der Waals surface area (Å²) in [5.74, 6) is 0.310. The van der Waals surface area contributed by atoms with Crippen LogP contribution in [0.2, 0.25) is 0 Å². The highest BCUT2D eigenvalue weighted by molar-refractivity contribution is 5.77. The maximum atomic E-state index is 13.1. The van der Waals surface area contributed by atoms with Gasteiger partial charge in [0, 0.05) is 51.0 Å². The lowest BCUT2D eigenvalue weighted by Crippen LogP contribution is -2.46. The summed E-state index contributed by atoms with van der Waals surface area (Å²) in [6, 6.07) is 7.97. The van der Waals surface area contributed by atoms with E-state index in [0.29, 0.717) is 12.3 Å². The van der Waals surface area contributed by atoms with Crippen LogP contribution >= 0.6 is 0 Å². The van der Waals surface area contributed by atoms with Crippen molar-refractivity contribution < 1.29 is 18.3 Å². The molecule has 172 valence electrons. The fourth-order valence-electron chi connectivity index (χ4n) is 4.21. The summed E-state index contributed by atoms with van der Waals surface area (Å²) in [4.78, 5) is 31.0. The van der Waals surface area contributed by atoms with E-state index < -0.39 is 0 Å². The van der Waals surface area contributed by atoms with Gasteiger partial charge in [-0.15, -0.1) is 0 Å². The van der Waals surface area contributed by atoms with E-state index in [1.165, 1.54) is 24.5 Å². The Hall–Kier alpha value is -2.87. The minimum absolute atomic E-state index is 0.0676. The van der Waals surface area contributed by atoms with E-state index in [4.69, 9.17) is 9.15 Å². The summed E-state index contributed by atoms with van der Waals surface area (Å²) in [5, 5.41) is 0. The van der Waals surface area contributed by atoms with Gasteiger partial charge in [-0.1, -0.05) is 12.8 Å². The molecular formula is C24H30FN3O4. The van der Waals surface area contributed by atoms with Crippen LogP contribution in [-0.4, -0.2) is 61.6 Å². The van der Waals surface area contributed by atoms with E-state index in [-0.39, 0.29) is 29.5 Å². The molecule has 1 aromatic heterocycles. The zero-order valence-electron chi connectivity index (χ0n) is 18.3. The number of carbonyl (C=O) groups is 1. The summed E-state index contributed by atoms with van der Waals surface area (Å²) in [5.41, 5.74) is 0.730. The standard InChI is InChI=1S/C24H30FN3O4/c25-19-5-7-20(8-6-19)27-13-11-26(12-14-27)16-21-15-22(29)23(17-31-21)32-18-24(30)28-9-3-1-2-4-10-28/h5-8,15,17H,1-4,9-14,16,18H2. The topological polar surface area (TPSA) is 66.2 Å². The van der Waals surface area contributed by atoms with Gasteiger partial charge in [-0.25, -0.2) is 4.39 Å². The highest BCUT2D eigenvalue weighted by Gasteiger charge is 2.20. The highest BCUT2D eigenvalue weighted by Crippen LogP contribution is 2.18. The molecule has 8 heteroatoms. The normalized spacial score (nSPS) is 17.8. The third kappa shape index (κ3) is 5.88. The smallest absolute Gasteiger partial charge is 0.260 e. The lowest BCUT2D eigenvalue weighted by Gasteiger charge is -2.35. The Morgan fingerprint density at radius 3 is 2.31 bits per heavy atom. The molecule has 1 amide bonds. The van der Waals surface area contributed by atoms with Crippen LogP contribution in [0.15, 0.2) is 45.8 Å². The second-order valence-corrected chi connectivity index (χ2v) is 8.40. The van der Waals surface area contributed by atoms with Gasteiger partial charge in [0.2, 0.25) is 11.2 Å². The number of carbonyl (C=O) groups excluding carboxylic acids is 1. The van der Waals surface area contributed by atoms with Gasteiger partial charge in [0.1, 0.15) is 17.8 Å². The first-order valence-electron chi connectivity index (χ1n) is 11.3. The number of likely N-dealkylation sites (tertiary alicyclic amines) is 1. The molecular weight excluding hydrogens is 413 g/mol. The average Bonchev–Trinajstić information content (AvgIpc) is 3.09. The number of hydrogen-bond donors (Lipinski definition) is 0. The van der Waals surface area contributed by atoms with Crippen LogP contribution in [0.25, 0.3) is 0 Å². The van der Waals surface area contributed by atoms with Gasteiger partial charge in [0.15, 0.2) is 6.61 Å². The van der Waals surface area contributed by atoms with E-state index >= 15 is 0 Å². The number of halogens is 1. The third-order valence-corrected chi connectivity index (χ3v) is 6.11. The van der Waals surface area contributed by atoms with Crippen molar-refractivity contribution in [3.63, 3.8) is 0 Å². The Kier molecular flexibility index (Phi) is 7.42. The van der Waals surface area contributed by atoms with Gasteiger partial charge in [-0.2, -0.15) is 0 Å². The molecule has 0 saturated carbocycles. The number of nitrogens with zero attached hydrogens (tertiary/aromatic N) is 3. The van der Waals surface area contributed by atoms with Crippen molar-refractivity contribution in [2.75, 3.05) is 50.8 Å². The molecule has 32 heavy (non-hydrogen) atoms. The molecule has 0 unspecified atom stereocenters. The molecule has 0 spiro atoms. The lowest BCUT2D eigenvalue weighted by atomic mass is 10.2. The molecule has 1 aromatic carbocycles. The van der Waals surface area contributed by atoms with Crippen LogP contribution in [0.5, 0.6) is 5.75 Å². The zero-order chi connectivity index (χ0) is 22.3. The minimum Gasteiger partial charge on any atom is -0.477 e. The number of anilines is 1. The fraction of sp³-hybridized carbons (Fsp3) is 0.500. The molecule has 0 atom stereocenters. The first-order valence-corrected chi connectivity index (χ1v) is 11.3. The maximum absolute atomic E-state index is 13.1. The van der Waals surface area contributed by atoms with Crippen molar-refractivity contribution in [1.29, 1.82) is 0 Å². The van der Waals surface area contributed by atoms with Gasteiger partial charge in [-0.3, -0.25) is 14.5 Å². The number of ether oxygens (including phenoxy) is 1. The summed E-state index contributed by atoms with van der Waals surface area (Å²) in [7, 11) is 0. The average molecular weight is 444 g/mol. The highest BCUT2D eigenvalue weighted by atomic mass is 19.1. The molecule has 2 aliphatic rings. The Bertz CT molecular complexity index is 946. The van der Waals surface area contributed by atoms with Crippen LogP contribution in [0, 0.1) is 5.82 Å². The van der Waals surface area contributed by atoms with Gasteiger partial charge in [-0.05, 0) is 37.1 Å². The summed E-state index contributed by atoms with van der Waals surface area (Å²) in [6.07, 6.45) is 5.64. The van der Waals surface area contributed by atoms with E-state index in [1.54, 1.807) is 12.1 Å². The Balaban J connectivity index is 1.26. The maximum Gasteiger partial charge on any atom is 0.260 e. The Morgan fingerprint density at radius 1 is 0.969 bits per heavy atom. The van der Waals surface area contributed by atoms with Crippen LogP contribution < -0.4 is 15.1 Å². The quantitative estimate of drug-likeness (QED) is 0.684. The molecule has 4 rings (SSSR count).